The van der Waals surface area contributed by atoms with Crippen LogP contribution in [0.15, 0.2) is 11.6 Å². The quantitative estimate of drug-likeness (QED) is 0.645. The first-order valence-corrected chi connectivity index (χ1v) is 10.8. The third-order valence-electron chi connectivity index (χ3n) is 8.49. The third kappa shape index (κ3) is 3.88. The molecule has 0 amide bonds. The van der Waals surface area contributed by atoms with E-state index in [1.807, 2.05) is 6.08 Å². The van der Waals surface area contributed by atoms with Gasteiger partial charge in [0, 0.05) is 19.8 Å². The molecule has 3 N–H and O–H groups in total. The van der Waals surface area contributed by atoms with Gasteiger partial charge in [-0.2, -0.15) is 0 Å². The summed E-state index contributed by atoms with van der Waals surface area (Å²) in [6.07, 6.45) is 8.01. The first kappa shape index (κ1) is 22.0. The van der Waals surface area contributed by atoms with Gasteiger partial charge in [-0.05, 0) is 79.1 Å². The normalized spacial score (nSPS) is 43.1. The van der Waals surface area contributed by atoms with Crippen molar-refractivity contribution in [1.82, 2.24) is 0 Å². The Kier molecular flexibility index (Phi) is 5.96. The Labute approximate surface area is 172 Å². The Morgan fingerprint density at radius 1 is 1.14 bits per heavy atom. The second-order valence-electron chi connectivity index (χ2n) is 10.1. The van der Waals surface area contributed by atoms with Crippen LogP contribution in [0.1, 0.15) is 72.1 Å². The van der Waals surface area contributed by atoms with E-state index in [1.165, 1.54) is 5.57 Å². The SMILES string of the molecule is CC(=O)O.C[C@]12CC[C@H]3[C@@H](CCC4=CC(=O)CC[C@@]43C)[C@@H]1C(CC(=O)O)C[C@@H]2O. The maximum absolute atomic E-state index is 11.9. The lowest BCUT2D eigenvalue weighted by Crippen LogP contribution is -2.52. The molecule has 4 aliphatic rings. The van der Waals surface area contributed by atoms with E-state index in [0.29, 0.717) is 30.6 Å². The molecule has 0 heterocycles. The van der Waals surface area contributed by atoms with Gasteiger partial charge in [0.1, 0.15) is 0 Å². The van der Waals surface area contributed by atoms with Crippen molar-refractivity contribution in [3.05, 3.63) is 11.6 Å². The minimum Gasteiger partial charge on any atom is -0.481 e. The van der Waals surface area contributed by atoms with Crippen LogP contribution in [-0.2, 0) is 14.4 Å². The van der Waals surface area contributed by atoms with Crippen LogP contribution >= 0.6 is 0 Å². The van der Waals surface area contributed by atoms with Gasteiger partial charge < -0.3 is 15.3 Å². The van der Waals surface area contributed by atoms with Crippen molar-refractivity contribution in [3.8, 4) is 0 Å². The van der Waals surface area contributed by atoms with Gasteiger partial charge in [-0.15, -0.1) is 0 Å². The minimum atomic E-state index is -0.833. The summed E-state index contributed by atoms with van der Waals surface area (Å²) in [6.45, 7) is 5.61. The van der Waals surface area contributed by atoms with Crippen LogP contribution in [0.25, 0.3) is 0 Å². The molecule has 0 aromatic heterocycles. The summed E-state index contributed by atoms with van der Waals surface area (Å²) in [7, 11) is 0. The van der Waals surface area contributed by atoms with Crippen molar-refractivity contribution in [2.24, 2.45) is 34.5 Å². The fourth-order valence-corrected chi connectivity index (χ4v) is 7.25. The highest BCUT2D eigenvalue weighted by Crippen LogP contribution is 2.66. The third-order valence-corrected chi connectivity index (χ3v) is 8.49. The number of rotatable bonds is 2. The fourth-order valence-electron chi connectivity index (χ4n) is 7.25. The van der Waals surface area contributed by atoms with E-state index in [1.54, 1.807) is 0 Å². The first-order valence-electron chi connectivity index (χ1n) is 10.8. The Hall–Kier alpha value is -1.69. The van der Waals surface area contributed by atoms with E-state index in [9.17, 15) is 19.8 Å². The number of ketones is 1. The van der Waals surface area contributed by atoms with E-state index in [2.05, 4.69) is 13.8 Å². The molecule has 3 fully saturated rings. The van der Waals surface area contributed by atoms with Crippen molar-refractivity contribution in [2.45, 2.75) is 78.2 Å². The highest BCUT2D eigenvalue weighted by molar-refractivity contribution is 5.91. The van der Waals surface area contributed by atoms with Gasteiger partial charge in [-0.3, -0.25) is 14.4 Å². The number of allylic oxidation sites excluding steroid dienone is 1. The summed E-state index contributed by atoms with van der Waals surface area (Å²) in [4.78, 5) is 32.3. The molecule has 29 heavy (non-hydrogen) atoms. The van der Waals surface area contributed by atoms with Gasteiger partial charge in [0.2, 0.25) is 0 Å². The maximum Gasteiger partial charge on any atom is 0.303 e. The van der Waals surface area contributed by atoms with Gasteiger partial charge in [0.15, 0.2) is 5.78 Å². The molecule has 6 nitrogen and oxygen atoms in total. The van der Waals surface area contributed by atoms with E-state index in [4.69, 9.17) is 9.90 Å². The predicted octanol–water partition coefficient (Wildman–Crippen LogP) is 3.67. The monoisotopic (exact) mass is 406 g/mol. The van der Waals surface area contributed by atoms with Gasteiger partial charge in [0.05, 0.1) is 6.10 Å². The van der Waals surface area contributed by atoms with E-state index >= 15 is 0 Å². The fraction of sp³-hybridized carbons (Fsp3) is 0.783. The van der Waals surface area contributed by atoms with Crippen LogP contribution < -0.4 is 0 Å². The van der Waals surface area contributed by atoms with Crippen molar-refractivity contribution >= 4 is 17.7 Å². The van der Waals surface area contributed by atoms with Gasteiger partial charge >= 0.3 is 5.97 Å². The lowest BCUT2D eigenvalue weighted by atomic mass is 9.46. The van der Waals surface area contributed by atoms with Gasteiger partial charge in [-0.25, -0.2) is 0 Å². The zero-order chi connectivity index (χ0) is 21.6. The van der Waals surface area contributed by atoms with Crippen LogP contribution in [0.2, 0.25) is 0 Å². The number of carbonyl (C=O) groups excluding carboxylic acids is 1. The lowest BCUT2D eigenvalue weighted by Gasteiger charge is -2.58. The number of carbonyl (C=O) groups is 3. The van der Waals surface area contributed by atoms with Crippen LogP contribution in [0, 0.1) is 34.5 Å². The molecule has 4 aliphatic carbocycles. The molecule has 4 rings (SSSR count). The lowest BCUT2D eigenvalue weighted by molar-refractivity contribution is -0.140. The predicted molar refractivity (Wildman–Crippen MR) is 107 cm³/mol. The summed E-state index contributed by atoms with van der Waals surface area (Å²) in [5, 5.41) is 27.5. The van der Waals surface area contributed by atoms with Crippen LogP contribution in [0.4, 0.5) is 0 Å². The Bertz CT molecular complexity index is 723. The minimum absolute atomic E-state index is 0.0876. The molecular weight excluding hydrogens is 372 g/mol. The second kappa shape index (κ2) is 7.86. The van der Waals surface area contributed by atoms with Crippen molar-refractivity contribution in [1.29, 1.82) is 0 Å². The van der Waals surface area contributed by atoms with E-state index in [-0.39, 0.29) is 35.1 Å². The largest absolute Gasteiger partial charge is 0.481 e. The van der Waals surface area contributed by atoms with Gasteiger partial charge in [-0.1, -0.05) is 19.4 Å². The Balaban J connectivity index is 0.000000552. The molecule has 0 radical (unpaired) electrons. The number of aliphatic hydroxyl groups excluding tert-OH is 1. The van der Waals surface area contributed by atoms with Crippen LogP contribution in [0.5, 0.6) is 0 Å². The molecule has 0 aliphatic heterocycles. The molecule has 162 valence electrons. The van der Waals surface area contributed by atoms with Crippen LogP contribution in [-0.4, -0.2) is 39.1 Å². The molecule has 1 unspecified atom stereocenters. The highest BCUT2D eigenvalue weighted by atomic mass is 16.4. The summed E-state index contributed by atoms with van der Waals surface area (Å²) in [6, 6.07) is 0. The van der Waals surface area contributed by atoms with Gasteiger partial charge in [0.25, 0.3) is 5.97 Å². The summed E-state index contributed by atoms with van der Waals surface area (Å²) in [5.74, 6) is 0.0925. The average molecular weight is 407 g/mol. The summed E-state index contributed by atoms with van der Waals surface area (Å²) in [5.41, 5.74) is 1.30. The topological polar surface area (TPSA) is 112 Å². The number of hydrogen-bond donors (Lipinski definition) is 3. The highest BCUT2D eigenvalue weighted by Gasteiger charge is 2.61. The molecule has 0 aromatic rings. The molecule has 3 saturated carbocycles. The maximum atomic E-state index is 11.9. The molecule has 7 atom stereocenters. The molecule has 0 saturated heterocycles. The van der Waals surface area contributed by atoms with Crippen molar-refractivity contribution < 1.29 is 29.7 Å². The zero-order valence-corrected chi connectivity index (χ0v) is 17.7. The molecule has 6 heteroatoms. The van der Waals surface area contributed by atoms with E-state index in [0.717, 1.165) is 39.0 Å². The second-order valence-corrected chi connectivity index (χ2v) is 10.1. The Morgan fingerprint density at radius 3 is 2.41 bits per heavy atom. The molecule has 0 spiro atoms. The number of aliphatic carboxylic acids is 2. The van der Waals surface area contributed by atoms with Crippen LogP contribution in [0.3, 0.4) is 0 Å². The number of carboxylic acids is 2. The number of fused-ring (bicyclic) bond motifs is 5. The number of aliphatic hydroxyl groups is 1. The molecule has 0 aromatic carbocycles. The Morgan fingerprint density at radius 2 is 1.79 bits per heavy atom. The first-order chi connectivity index (χ1) is 13.5. The van der Waals surface area contributed by atoms with E-state index < -0.39 is 11.9 Å². The number of carboxylic acid groups (broad SMARTS) is 2. The number of hydrogen-bond acceptors (Lipinski definition) is 4. The molecular formula is C23H34O6. The zero-order valence-electron chi connectivity index (χ0n) is 17.7. The average Bonchev–Trinajstić information content (AvgIpc) is 2.85. The standard InChI is InChI=1S/C21H30O4.C2H4O2/c1-20-7-5-14(22)11-13(20)3-4-15-16(20)6-8-21(2)17(23)9-12(19(15)21)10-18(24)25;1-2(3)4/h11-12,15-17,19,23H,3-10H2,1-2H3,(H,24,25);1H3,(H,3,4)/t12?,15-,16+,17+,19+,20+,21-;/m1./s1. The summed E-state index contributed by atoms with van der Waals surface area (Å²) >= 11 is 0. The van der Waals surface area contributed by atoms with Crippen molar-refractivity contribution in [3.63, 3.8) is 0 Å². The van der Waals surface area contributed by atoms with Crippen molar-refractivity contribution in [2.75, 3.05) is 0 Å². The smallest absolute Gasteiger partial charge is 0.303 e. The molecule has 0 bridgehead atoms. The summed E-state index contributed by atoms with van der Waals surface area (Å²) < 4.78 is 0.